The average molecular weight is 694 g/mol. The standard InChI is InChI=1S/C40H59N3O7/c1-29(12-9-13-30(2)44)35-22-23-36-33(16-11-25-40(35,36)3)21-20-31-14-6-7-15-32(31)24-27-50-39(45)19-5-4-8-26-41-37-18-10-17-34(42(46)47)28-38(37)43(48)49/h10,18,20-21,24,28-30,35-36,41,44H,4-9,11-17,19,22-23,25-27H2,1-3H3/b31-20-,32-24+,33-21+/t29-,30?,35?,36?,40?/m1/s1. The number of carbonyl (C=O) groups is 1. The third kappa shape index (κ3) is 11.0. The van der Waals surface area contributed by atoms with Gasteiger partial charge in [0.05, 0.1) is 28.4 Å². The first kappa shape index (κ1) is 39.3. The minimum Gasteiger partial charge on any atom is -0.461 e. The maximum absolute atomic E-state index is 12.5. The number of esters is 1. The Labute approximate surface area is 298 Å². The number of nitro groups is 2. The van der Waals surface area contributed by atoms with E-state index in [1.165, 1.54) is 62.2 Å². The fraction of sp³-hybridized carbons (Fsp3) is 0.675. The average Bonchev–Trinajstić information content (AvgIpc) is 3.28. The first-order chi connectivity index (χ1) is 24.0. The molecular weight excluding hydrogens is 634 g/mol. The molecular formula is C40H59N3O7. The molecule has 2 N–H and O–H groups in total. The van der Waals surface area contributed by atoms with Gasteiger partial charge in [-0.3, -0.25) is 25.0 Å². The lowest BCUT2D eigenvalue weighted by atomic mass is 9.60. The molecule has 0 bridgehead atoms. The molecule has 0 aromatic rings. The van der Waals surface area contributed by atoms with Gasteiger partial charge in [0, 0.05) is 13.0 Å². The molecule has 0 heterocycles. The lowest BCUT2D eigenvalue weighted by molar-refractivity contribution is -0.435. The molecule has 4 aliphatic rings. The van der Waals surface area contributed by atoms with E-state index in [1.54, 1.807) is 11.6 Å². The summed E-state index contributed by atoms with van der Waals surface area (Å²) < 4.78 is 5.58. The first-order valence-electron chi connectivity index (χ1n) is 19.1. The van der Waals surface area contributed by atoms with Gasteiger partial charge < -0.3 is 15.2 Å². The van der Waals surface area contributed by atoms with Crippen molar-refractivity contribution < 1.29 is 24.5 Å². The van der Waals surface area contributed by atoms with Crippen LogP contribution in [0.2, 0.25) is 0 Å². The first-order valence-corrected chi connectivity index (χ1v) is 19.1. The lowest BCUT2D eigenvalue weighted by Gasteiger charge is -2.44. The number of ether oxygens (including phenoxy) is 1. The van der Waals surface area contributed by atoms with Crippen molar-refractivity contribution in [2.24, 2.45) is 23.2 Å². The molecule has 276 valence electrons. The van der Waals surface area contributed by atoms with E-state index in [-0.39, 0.29) is 42.2 Å². The van der Waals surface area contributed by atoms with Crippen LogP contribution in [-0.4, -0.2) is 40.2 Å². The molecule has 0 spiro atoms. The smallest absolute Gasteiger partial charge is 0.306 e. The Morgan fingerprint density at radius 1 is 1.02 bits per heavy atom. The van der Waals surface area contributed by atoms with Crippen molar-refractivity contribution in [1.82, 2.24) is 5.32 Å². The predicted octanol–water partition coefficient (Wildman–Crippen LogP) is 9.05. The van der Waals surface area contributed by atoms with E-state index in [2.05, 4.69) is 37.4 Å². The number of rotatable bonds is 17. The summed E-state index contributed by atoms with van der Waals surface area (Å²) in [5.41, 5.74) is 4.39. The van der Waals surface area contributed by atoms with Gasteiger partial charge in [0.1, 0.15) is 12.3 Å². The van der Waals surface area contributed by atoms with Crippen LogP contribution in [0.5, 0.6) is 0 Å². The lowest BCUT2D eigenvalue weighted by Crippen LogP contribution is -2.36. The highest BCUT2D eigenvalue weighted by Crippen LogP contribution is 2.60. The van der Waals surface area contributed by atoms with Gasteiger partial charge in [-0.2, -0.15) is 0 Å². The van der Waals surface area contributed by atoms with Crippen LogP contribution in [0.25, 0.3) is 0 Å². The van der Waals surface area contributed by atoms with Gasteiger partial charge in [0.2, 0.25) is 0 Å². The number of aliphatic hydroxyl groups is 1. The molecule has 4 rings (SSSR count). The van der Waals surface area contributed by atoms with Crippen LogP contribution in [-0.2, 0) is 9.53 Å². The van der Waals surface area contributed by atoms with E-state index in [1.807, 2.05) is 6.92 Å². The normalized spacial score (nSPS) is 27.5. The molecule has 0 aromatic carbocycles. The Balaban J connectivity index is 1.22. The van der Waals surface area contributed by atoms with Crippen LogP contribution >= 0.6 is 0 Å². The zero-order chi connectivity index (χ0) is 36.1. The zero-order valence-corrected chi connectivity index (χ0v) is 30.5. The van der Waals surface area contributed by atoms with E-state index in [0.29, 0.717) is 43.1 Å². The highest BCUT2D eigenvalue weighted by atomic mass is 16.6. The molecule has 10 heteroatoms. The van der Waals surface area contributed by atoms with Crippen LogP contribution in [0.4, 0.5) is 0 Å². The number of allylic oxidation sites excluding steroid dienone is 8. The summed E-state index contributed by atoms with van der Waals surface area (Å²) in [6.07, 6.45) is 27.2. The van der Waals surface area contributed by atoms with E-state index in [0.717, 1.165) is 50.5 Å². The Morgan fingerprint density at radius 2 is 1.80 bits per heavy atom. The van der Waals surface area contributed by atoms with Gasteiger partial charge in [-0.15, -0.1) is 0 Å². The van der Waals surface area contributed by atoms with Crippen molar-refractivity contribution in [3.05, 3.63) is 90.5 Å². The number of nitrogens with zero attached hydrogens (tertiary/aromatic N) is 2. The highest BCUT2D eigenvalue weighted by Gasteiger charge is 2.50. The van der Waals surface area contributed by atoms with Gasteiger partial charge in [0.15, 0.2) is 0 Å². The molecule has 3 saturated carbocycles. The molecule has 10 nitrogen and oxygen atoms in total. The topological polar surface area (TPSA) is 145 Å². The maximum Gasteiger partial charge on any atom is 0.306 e. The summed E-state index contributed by atoms with van der Waals surface area (Å²) in [6.45, 7) is 7.62. The summed E-state index contributed by atoms with van der Waals surface area (Å²) in [5.74, 6) is 1.89. The van der Waals surface area contributed by atoms with Crippen molar-refractivity contribution >= 4 is 5.97 Å². The summed E-state index contributed by atoms with van der Waals surface area (Å²) >= 11 is 0. The van der Waals surface area contributed by atoms with Gasteiger partial charge in [-0.05, 0) is 130 Å². The van der Waals surface area contributed by atoms with Gasteiger partial charge in [-0.25, -0.2) is 0 Å². The zero-order valence-electron chi connectivity index (χ0n) is 30.5. The number of aliphatic hydroxyl groups excluding tert-OH is 1. The van der Waals surface area contributed by atoms with Crippen LogP contribution in [0.1, 0.15) is 130 Å². The largest absolute Gasteiger partial charge is 0.461 e. The van der Waals surface area contributed by atoms with Crippen molar-refractivity contribution in [2.45, 2.75) is 136 Å². The number of fused-ring (bicyclic) bond motifs is 1. The van der Waals surface area contributed by atoms with Crippen LogP contribution in [0.3, 0.4) is 0 Å². The summed E-state index contributed by atoms with van der Waals surface area (Å²) in [5, 5.41) is 35.3. The summed E-state index contributed by atoms with van der Waals surface area (Å²) in [4.78, 5) is 33.8. The molecule has 5 atom stereocenters. The maximum atomic E-state index is 12.5. The number of hydrogen-bond acceptors (Lipinski definition) is 8. The van der Waals surface area contributed by atoms with E-state index >= 15 is 0 Å². The molecule has 50 heavy (non-hydrogen) atoms. The molecule has 4 aliphatic carbocycles. The number of unbranched alkanes of at least 4 members (excludes halogenated alkanes) is 2. The highest BCUT2D eigenvalue weighted by molar-refractivity contribution is 5.69. The molecule has 0 radical (unpaired) electrons. The summed E-state index contributed by atoms with van der Waals surface area (Å²) in [7, 11) is 0. The quantitative estimate of drug-likeness (QED) is 0.0664. The van der Waals surface area contributed by atoms with E-state index in [9.17, 15) is 30.1 Å². The Bertz CT molecular complexity index is 1400. The molecule has 0 saturated heterocycles. The van der Waals surface area contributed by atoms with Gasteiger partial charge >= 0.3 is 5.97 Å². The minimum absolute atomic E-state index is 0.0252. The Kier molecular flexibility index (Phi) is 15.1. The Hall–Kier alpha value is -3.53. The molecule has 4 unspecified atom stereocenters. The molecule has 0 amide bonds. The number of nitrogens with one attached hydrogen (secondary N) is 1. The van der Waals surface area contributed by atoms with E-state index in [4.69, 9.17) is 4.74 Å². The molecule has 0 aromatic heterocycles. The van der Waals surface area contributed by atoms with Gasteiger partial charge in [-0.1, -0.05) is 56.9 Å². The third-order valence-electron chi connectivity index (χ3n) is 11.6. The molecule has 3 fully saturated rings. The second-order valence-electron chi connectivity index (χ2n) is 15.2. The minimum atomic E-state index is -0.614. The van der Waals surface area contributed by atoms with Crippen molar-refractivity contribution in [1.29, 1.82) is 0 Å². The van der Waals surface area contributed by atoms with Crippen molar-refractivity contribution in [3.8, 4) is 0 Å². The van der Waals surface area contributed by atoms with Crippen LogP contribution in [0.15, 0.2) is 70.3 Å². The number of carbonyl (C=O) groups excluding carboxylic acids is 1. The molecule has 0 aliphatic heterocycles. The van der Waals surface area contributed by atoms with Crippen molar-refractivity contribution in [2.75, 3.05) is 13.2 Å². The second-order valence-corrected chi connectivity index (χ2v) is 15.2. The van der Waals surface area contributed by atoms with Crippen molar-refractivity contribution in [3.63, 3.8) is 0 Å². The van der Waals surface area contributed by atoms with E-state index < -0.39 is 9.85 Å². The SMILES string of the molecule is CC(O)CCC[C@@H](C)C1CCC2/C(=C/C=C3/CCCC/C3=C\COC(=O)CCCCCNC3=C([N+](=O)[O-])C=C([N+](=O)[O-])CC=C3)CCCC21C. The fourth-order valence-corrected chi connectivity index (χ4v) is 8.94. The second kappa shape index (κ2) is 19.2. The predicted molar refractivity (Wildman–Crippen MR) is 196 cm³/mol. The third-order valence-corrected chi connectivity index (χ3v) is 11.6. The van der Waals surface area contributed by atoms with Crippen LogP contribution < -0.4 is 5.32 Å². The summed E-state index contributed by atoms with van der Waals surface area (Å²) in [6, 6.07) is 0. The van der Waals surface area contributed by atoms with Crippen LogP contribution in [0, 0.1) is 43.4 Å². The van der Waals surface area contributed by atoms with Gasteiger partial charge in [0.25, 0.3) is 11.4 Å². The fourth-order valence-electron chi connectivity index (χ4n) is 8.94. The Morgan fingerprint density at radius 3 is 2.54 bits per heavy atom. The number of hydrogen-bond donors (Lipinski definition) is 2. The monoisotopic (exact) mass is 693 g/mol.